The van der Waals surface area contributed by atoms with Crippen molar-refractivity contribution in [1.29, 1.82) is 0 Å². The molecule has 1 aliphatic rings. The molecule has 1 unspecified atom stereocenters. The summed E-state index contributed by atoms with van der Waals surface area (Å²) in [7, 11) is -3.57. The van der Waals surface area contributed by atoms with Gasteiger partial charge in [-0.3, -0.25) is 9.69 Å². The van der Waals surface area contributed by atoms with Crippen LogP contribution in [-0.4, -0.2) is 31.6 Å². The van der Waals surface area contributed by atoms with Crippen LogP contribution in [-0.2, 0) is 21.4 Å². The summed E-state index contributed by atoms with van der Waals surface area (Å²) in [6.45, 7) is 0.675. The van der Waals surface area contributed by atoms with E-state index in [9.17, 15) is 13.2 Å². The molecule has 0 bridgehead atoms. The Morgan fingerprint density at radius 2 is 2.21 bits per heavy atom. The number of carbonyl (C=O) groups excluding carboxylic acids is 1. The topological polar surface area (TPSA) is 119 Å². The van der Waals surface area contributed by atoms with Crippen LogP contribution >= 0.6 is 0 Å². The first kappa shape index (κ1) is 13.9. The Labute approximate surface area is 111 Å². The van der Waals surface area contributed by atoms with E-state index in [-0.39, 0.29) is 24.0 Å². The Morgan fingerprint density at radius 3 is 2.84 bits per heavy atom. The van der Waals surface area contributed by atoms with Crippen LogP contribution in [0, 0.1) is 5.92 Å². The Kier molecular flexibility index (Phi) is 3.83. The lowest BCUT2D eigenvalue weighted by molar-refractivity contribution is -0.117. The summed E-state index contributed by atoms with van der Waals surface area (Å²) >= 11 is 0. The number of sulfonamides is 1. The molecule has 0 aliphatic carbocycles. The van der Waals surface area contributed by atoms with Gasteiger partial charge in [-0.25, -0.2) is 18.5 Å². The monoisotopic (exact) mass is 284 g/mol. The van der Waals surface area contributed by atoms with Gasteiger partial charge in [0, 0.05) is 31.6 Å². The number of pyridine rings is 1. The molecule has 19 heavy (non-hydrogen) atoms. The SMILES string of the molecule is NCc1ccnc(N2CC(CS(N)(=O)=O)CC2=O)c1. The van der Waals surface area contributed by atoms with Crippen LogP contribution in [0.25, 0.3) is 0 Å². The minimum atomic E-state index is -3.57. The highest BCUT2D eigenvalue weighted by molar-refractivity contribution is 7.89. The van der Waals surface area contributed by atoms with Crippen LogP contribution in [0.2, 0.25) is 0 Å². The number of hydrogen-bond acceptors (Lipinski definition) is 5. The van der Waals surface area contributed by atoms with Gasteiger partial charge < -0.3 is 5.73 Å². The van der Waals surface area contributed by atoms with Gasteiger partial charge in [0.05, 0.1) is 5.75 Å². The van der Waals surface area contributed by atoms with Crippen LogP contribution < -0.4 is 15.8 Å². The average molecular weight is 284 g/mol. The molecule has 1 fully saturated rings. The number of primary sulfonamides is 1. The lowest BCUT2D eigenvalue weighted by Crippen LogP contribution is -2.28. The van der Waals surface area contributed by atoms with Crippen molar-refractivity contribution < 1.29 is 13.2 Å². The highest BCUT2D eigenvalue weighted by atomic mass is 32.2. The molecule has 104 valence electrons. The van der Waals surface area contributed by atoms with E-state index in [0.717, 1.165) is 5.56 Å². The Bertz CT molecular complexity index is 587. The third kappa shape index (κ3) is 3.49. The fourth-order valence-electron chi connectivity index (χ4n) is 2.18. The maximum atomic E-state index is 11.9. The first-order valence-corrected chi connectivity index (χ1v) is 7.56. The van der Waals surface area contributed by atoms with Gasteiger partial charge in [0.15, 0.2) is 0 Å². The summed E-state index contributed by atoms with van der Waals surface area (Å²) in [5, 5.41) is 5.00. The number of carbonyl (C=O) groups is 1. The zero-order chi connectivity index (χ0) is 14.0. The predicted octanol–water partition coefficient (Wildman–Crippen LogP) is -0.818. The fraction of sp³-hybridized carbons (Fsp3) is 0.455. The van der Waals surface area contributed by atoms with E-state index in [2.05, 4.69) is 4.98 Å². The molecule has 1 aromatic heterocycles. The summed E-state index contributed by atoms with van der Waals surface area (Å²) in [5.74, 6) is -0.114. The molecule has 0 spiro atoms. The van der Waals surface area contributed by atoms with Gasteiger partial charge in [-0.05, 0) is 17.7 Å². The third-order valence-electron chi connectivity index (χ3n) is 3.00. The summed E-state index contributed by atoms with van der Waals surface area (Å²) in [4.78, 5) is 17.5. The Morgan fingerprint density at radius 1 is 1.47 bits per heavy atom. The van der Waals surface area contributed by atoms with E-state index in [1.54, 1.807) is 18.3 Å². The first-order valence-electron chi connectivity index (χ1n) is 5.85. The van der Waals surface area contributed by atoms with Crippen LogP contribution in [0.3, 0.4) is 0 Å². The summed E-state index contributed by atoms with van der Waals surface area (Å²) < 4.78 is 22.1. The van der Waals surface area contributed by atoms with Crippen LogP contribution in [0.4, 0.5) is 5.82 Å². The van der Waals surface area contributed by atoms with E-state index >= 15 is 0 Å². The molecule has 0 radical (unpaired) electrons. The summed E-state index contributed by atoms with van der Waals surface area (Å²) in [6.07, 6.45) is 1.75. The van der Waals surface area contributed by atoms with E-state index in [4.69, 9.17) is 10.9 Å². The molecule has 4 N–H and O–H groups in total. The first-order chi connectivity index (χ1) is 8.89. The average Bonchev–Trinajstić information content (AvgIpc) is 2.68. The normalized spacial score (nSPS) is 20.0. The molecule has 0 saturated carbocycles. The second kappa shape index (κ2) is 5.24. The number of nitrogens with two attached hydrogens (primary N) is 2. The van der Waals surface area contributed by atoms with E-state index in [0.29, 0.717) is 18.9 Å². The molecule has 7 nitrogen and oxygen atoms in total. The number of amides is 1. The standard InChI is InChI=1S/C11H16N4O3S/c12-5-8-1-2-14-10(3-8)15-6-9(4-11(15)16)7-19(13,17)18/h1-3,9H,4-7,12H2,(H2,13,17,18). The molecular formula is C11H16N4O3S. The second-order valence-corrected chi connectivity index (χ2v) is 6.29. The highest BCUT2D eigenvalue weighted by Gasteiger charge is 2.33. The van der Waals surface area contributed by atoms with Gasteiger partial charge in [-0.2, -0.15) is 0 Å². The van der Waals surface area contributed by atoms with Crippen molar-refractivity contribution in [3.63, 3.8) is 0 Å². The van der Waals surface area contributed by atoms with Gasteiger partial charge >= 0.3 is 0 Å². The van der Waals surface area contributed by atoms with Crippen LogP contribution in [0.1, 0.15) is 12.0 Å². The molecule has 0 aromatic carbocycles. The maximum Gasteiger partial charge on any atom is 0.228 e. The zero-order valence-corrected chi connectivity index (χ0v) is 11.1. The number of anilines is 1. The minimum absolute atomic E-state index is 0.143. The van der Waals surface area contributed by atoms with E-state index in [1.165, 1.54) is 4.90 Å². The highest BCUT2D eigenvalue weighted by Crippen LogP contribution is 2.24. The van der Waals surface area contributed by atoms with Crippen molar-refractivity contribution in [2.45, 2.75) is 13.0 Å². The van der Waals surface area contributed by atoms with Crippen LogP contribution in [0.15, 0.2) is 18.3 Å². The van der Waals surface area contributed by atoms with Crippen molar-refractivity contribution in [2.24, 2.45) is 16.8 Å². The molecule has 1 saturated heterocycles. The lowest BCUT2D eigenvalue weighted by atomic mass is 10.1. The zero-order valence-electron chi connectivity index (χ0n) is 10.3. The summed E-state index contributed by atoms with van der Waals surface area (Å²) in [6, 6.07) is 3.50. The maximum absolute atomic E-state index is 11.9. The second-order valence-electron chi connectivity index (χ2n) is 4.63. The van der Waals surface area contributed by atoms with Crippen molar-refractivity contribution in [3.8, 4) is 0 Å². The number of nitrogens with zero attached hydrogens (tertiary/aromatic N) is 2. The quantitative estimate of drug-likeness (QED) is 0.748. The van der Waals surface area contributed by atoms with Crippen LogP contribution in [0.5, 0.6) is 0 Å². The molecule has 1 atom stereocenters. The van der Waals surface area contributed by atoms with Gasteiger partial charge in [0.25, 0.3) is 0 Å². The van der Waals surface area contributed by atoms with Gasteiger partial charge in [0.1, 0.15) is 5.82 Å². The number of hydrogen-bond donors (Lipinski definition) is 2. The Balaban J connectivity index is 2.15. The molecule has 2 heterocycles. The molecule has 8 heteroatoms. The van der Waals surface area contributed by atoms with E-state index in [1.807, 2.05) is 0 Å². The predicted molar refractivity (Wildman–Crippen MR) is 70.6 cm³/mol. The van der Waals surface area contributed by atoms with Crippen molar-refractivity contribution in [3.05, 3.63) is 23.9 Å². The molecular weight excluding hydrogens is 268 g/mol. The smallest absolute Gasteiger partial charge is 0.228 e. The molecule has 1 aliphatic heterocycles. The Hall–Kier alpha value is -1.51. The van der Waals surface area contributed by atoms with Crippen molar-refractivity contribution in [1.82, 2.24) is 4.98 Å². The third-order valence-corrected chi connectivity index (χ3v) is 3.93. The molecule has 1 aromatic rings. The molecule has 1 amide bonds. The molecule has 2 rings (SSSR count). The van der Waals surface area contributed by atoms with Crippen molar-refractivity contribution in [2.75, 3.05) is 17.2 Å². The lowest BCUT2D eigenvalue weighted by Gasteiger charge is -2.16. The fourth-order valence-corrected chi connectivity index (χ4v) is 3.06. The number of aromatic nitrogens is 1. The van der Waals surface area contributed by atoms with Crippen molar-refractivity contribution >= 4 is 21.7 Å². The van der Waals surface area contributed by atoms with E-state index < -0.39 is 10.0 Å². The van der Waals surface area contributed by atoms with Gasteiger partial charge in [0.2, 0.25) is 15.9 Å². The van der Waals surface area contributed by atoms with Gasteiger partial charge in [-0.1, -0.05) is 0 Å². The summed E-state index contributed by atoms with van der Waals surface area (Å²) in [5.41, 5.74) is 6.40. The largest absolute Gasteiger partial charge is 0.326 e. The minimum Gasteiger partial charge on any atom is -0.326 e. The number of rotatable bonds is 4. The van der Waals surface area contributed by atoms with Gasteiger partial charge in [-0.15, -0.1) is 0 Å².